The van der Waals surface area contributed by atoms with Crippen molar-refractivity contribution in [1.82, 2.24) is 9.97 Å². The maximum absolute atomic E-state index is 5.38. The zero-order valence-electron chi connectivity index (χ0n) is 10.2. The van der Waals surface area contributed by atoms with Gasteiger partial charge in [-0.2, -0.15) is 0 Å². The Balaban J connectivity index is 2.55. The highest BCUT2D eigenvalue weighted by Gasteiger charge is 2.11. The number of hydrogen-bond donors (Lipinski definition) is 1. The molecule has 3 rings (SSSR count). The molecule has 0 fully saturated rings. The molecular weight excluding hydrogens is 212 g/mol. The predicted molar refractivity (Wildman–Crippen MR) is 69.6 cm³/mol. The normalized spacial score (nSPS) is 11.2. The number of fused-ring (bicyclic) bond motifs is 3. The van der Waals surface area contributed by atoms with Crippen molar-refractivity contribution in [2.24, 2.45) is 0 Å². The first-order valence-corrected chi connectivity index (χ1v) is 5.62. The second kappa shape index (κ2) is 3.48. The van der Waals surface area contributed by atoms with Gasteiger partial charge in [0, 0.05) is 17.0 Å². The third kappa shape index (κ3) is 1.39. The number of aromatic amines is 1. The Hall–Kier alpha value is -2.03. The summed E-state index contributed by atoms with van der Waals surface area (Å²) in [5, 5.41) is 2.37. The van der Waals surface area contributed by atoms with Crippen molar-refractivity contribution in [2.75, 3.05) is 7.11 Å². The fourth-order valence-corrected chi connectivity index (χ4v) is 2.31. The molecule has 3 heteroatoms. The van der Waals surface area contributed by atoms with Gasteiger partial charge in [-0.3, -0.25) is 0 Å². The van der Waals surface area contributed by atoms with Crippen molar-refractivity contribution < 1.29 is 4.74 Å². The van der Waals surface area contributed by atoms with Crippen LogP contribution < -0.4 is 4.74 Å². The molecule has 0 bridgehead atoms. The standard InChI is InChI=1S/C14H14N2O/c1-8-6-10-12-9(2)4-5-11(17-3)13(12)16-14(10)15-7-8/h4-7H,1-3H3,(H,15,16). The van der Waals surface area contributed by atoms with E-state index < -0.39 is 0 Å². The van der Waals surface area contributed by atoms with E-state index in [-0.39, 0.29) is 0 Å². The van der Waals surface area contributed by atoms with Crippen LogP contribution in [0.25, 0.3) is 21.9 Å². The van der Waals surface area contributed by atoms with Gasteiger partial charge < -0.3 is 9.72 Å². The molecule has 1 N–H and O–H groups in total. The van der Waals surface area contributed by atoms with Gasteiger partial charge in [0.1, 0.15) is 11.4 Å². The summed E-state index contributed by atoms with van der Waals surface area (Å²) < 4.78 is 5.38. The van der Waals surface area contributed by atoms with Crippen molar-refractivity contribution in [1.29, 1.82) is 0 Å². The lowest BCUT2D eigenvalue weighted by atomic mass is 10.1. The Morgan fingerprint density at radius 2 is 2.06 bits per heavy atom. The second-order valence-corrected chi connectivity index (χ2v) is 4.37. The van der Waals surface area contributed by atoms with Crippen LogP contribution in [0.4, 0.5) is 0 Å². The predicted octanol–water partition coefficient (Wildman–Crippen LogP) is 3.34. The van der Waals surface area contributed by atoms with Crippen LogP contribution >= 0.6 is 0 Å². The molecule has 86 valence electrons. The van der Waals surface area contributed by atoms with Crippen LogP contribution in [0.5, 0.6) is 5.75 Å². The van der Waals surface area contributed by atoms with Crippen molar-refractivity contribution in [3.63, 3.8) is 0 Å². The first-order valence-electron chi connectivity index (χ1n) is 5.62. The summed E-state index contributed by atoms with van der Waals surface area (Å²) in [7, 11) is 1.69. The Morgan fingerprint density at radius 1 is 1.24 bits per heavy atom. The molecule has 0 spiro atoms. The summed E-state index contributed by atoms with van der Waals surface area (Å²) in [6.07, 6.45) is 1.87. The Labute approximate surface area is 99.4 Å². The smallest absolute Gasteiger partial charge is 0.143 e. The van der Waals surface area contributed by atoms with Gasteiger partial charge in [-0.15, -0.1) is 0 Å². The van der Waals surface area contributed by atoms with Crippen molar-refractivity contribution >= 4 is 21.9 Å². The molecule has 0 atom stereocenters. The number of benzene rings is 1. The molecule has 3 nitrogen and oxygen atoms in total. The first-order chi connectivity index (χ1) is 8.20. The lowest BCUT2D eigenvalue weighted by Gasteiger charge is -2.03. The van der Waals surface area contributed by atoms with E-state index in [1.165, 1.54) is 16.5 Å². The maximum atomic E-state index is 5.38. The minimum absolute atomic E-state index is 0.862. The molecule has 0 unspecified atom stereocenters. The third-order valence-electron chi connectivity index (χ3n) is 3.13. The Morgan fingerprint density at radius 3 is 2.82 bits per heavy atom. The molecule has 2 heterocycles. The van der Waals surface area contributed by atoms with E-state index in [4.69, 9.17) is 4.74 Å². The largest absolute Gasteiger partial charge is 0.495 e. The van der Waals surface area contributed by atoms with Crippen molar-refractivity contribution in [3.8, 4) is 5.75 Å². The molecule has 0 aliphatic carbocycles. The van der Waals surface area contributed by atoms with Gasteiger partial charge in [0.15, 0.2) is 0 Å². The molecule has 3 aromatic rings. The lowest BCUT2D eigenvalue weighted by Crippen LogP contribution is -1.85. The number of nitrogens with zero attached hydrogens (tertiary/aromatic N) is 1. The molecule has 0 aliphatic heterocycles. The Bertz CT molecular complexity index is 713. The average molecular weight is 226 g/mol. The monoisotopic (exact) mass is 226 g/mol. The maximum Gasteiger partial charge on any atom is 0.143 e. The van der Waals surface area contributed by atoms with E-state index in [1.807, 2.05) is 12.3 Å². The van der Waals surface area contributed by atoms with E-state index in [9.17, 15) is 0 Å². The van der Waals surface area contributed by atoms with Gasteiger partial charge in [0.25, 0.3) is 0 Å². The summed E-state index contributed by atoms with van der Waals surface area (Å²) in [4.78, 5) is 7.75. The number of ether oxygens (including phenoxy) is 1. The van der Waals surface area contributed by atoms with E-state index in [0.717, 1.165) is 22.3 Å². The molecule has 0 saturated carbocycles. The van der Waals surface area contributed by atoms with Gasteiger partial charge in [-0.25, -0.2) is 4.98 Å². The summed E-state index contributed by atoms with van der Waals surface area (Å²) in [5.74, 6) is 0.862. The summed E-state index contributed by atoms with van der Waals surface area (Å²) in [6, 6.07) is 6.23. The van der Waals surface area contributed by atoms with Gasteiger partial charge in [0.05, 0.1) is 12.6 Å². The summed E-state index contributed by atoms with van der Waals surface area (Å²) in [6.45, 7) is 4.16. The van der Waals surface area contributed by atoms with Crippen LogP contribution in [0.15, 0.2) is 24.4 Å². The lowest BCUT2D eigenvalue weighted by molar-refractivity contribution is 0.419. The fourth-order valence-electron chi connectivity index (χ4n) is 2.31. The SMILES string of the molecule is COc1ccc(C)c2c1[nH]c1ncc(C)cc12. The van der Waals surface area contributed by atoms with Gasteiger partial charge in [-0.05, 0) is 37.1 Å². The van der Waals surface area contributed by atoms with Crippen LogP contribution in [-0.2, 0) is 0 Å². The first kappa shape index (κ1) is 10.1. The molecule has 0 radical (unpaired) electrons. The van der Waals surface area contributed by atoms with Crippen LogP contribution in [0.2, 0.25) is 0 Å². The fraction of sp³-hybridized carbons (Fsp3) is 0.214. The molecule has 0 aliphatic rings. The molecule has 1 aromatic carbocycles. The van der Waals surface area contributed by atoms with Crippen LogP contribution in [0, 0.1) is 13.8 Å². The quantitative estimate of drug-likeness (QED) is 0.691. The number of methoxy groups -OCH3 is 1. The third-order valence-corrected chi connectivity index (χ3v) is 3.13. The van der Waals surface area contributed by atoms with Crippen LogP contribution in [-0.4, -0.2) is 17.1 Å². The molecule has 2 aromatic heterocycles. The van der Waals surface area contributed by atoms with E-state index in [0.29, 0.717) is 0 Å². The summed E-state index contributed by atoms with van der Waals surface area (Å²) >= 11 is 0. The van der Waals surface area contributed by atoms with Gasteiger partial charge in [0.2, 0.25) is 0 Å². The van der Waals surface area contributed by atoms with Crippen molar-refractivity contribution in [2.45, 2.75) is 13.8 Å². The number of aromatic nitrogens is 2. The minimum Gasteiger partial charge on any atom is -0.495 e. The molecule has 0 saturated heterocycles. The number of aryl methyl sites for hydroxylation is 2. The number of pyridine rings is 1. The van der Waals surface area contributed by atoms with E-state index in [1.54, 1.807) is 7.11 Å². The highest BCUT2D eigenvalue weighted by molar-refractivity contribution is 6.09. The van der Waals surface area contributed by atoms with Gasteiger partial charge >= 0.3 is 0 Å². The molecule has 0 amide bonds. The van der Waals surface area contributed by atoms with Gasteiger partial charge in [-0.1, -0.05) is 6.07 Å². The number of rotatable bonds is 1. The van der Waals surface area contributed by atoms with E-state index >= 15 is 0 Å². The number of hydrogen-bond acceptors (Lipinski definition) is 2. The van der Waals surface area contributed by atoms with Crippen LogP contribution in [0.3, 0.4) is 0 Å². The summed E-state index contributed by atoms with van der Waals surface area (Å²) in [5.41, 5.74) is 4.35. The molecular formula is C14H14N2O. The van der Waals surface area contributed by atoms with Crippen molar-refractivity contribution in [3.05, 3.63) is 35.5 Å². The second-order valence-electron chi connectivity index (χ2n) is 4.37. The molecule has 17 heavy (non-hydrogen) atoms. The number of nitrogens with one attached hydrogen (secondary N) is 1. The highest BCUT2D eigenvalue weighted by atomic mass is 16.5. The van der Waals surface area contributed by atoms with Crippen LogP contribution in [0.1, 0.15) is 11.1 Å². The topological polar surface area (TPSA) is 37.9 Å². The van der Waals surface area contributed by atoms with E-state index in [2.05, 4.69) is 35.9 Å². The Kier molecular flexibility index (Phi) is 2.08. The number of H-pyrrole nitrogens is 1. The zero-order valence-corrected chi connectivity index (χ0v) is 10.2. The zero-order chi connectivity index (χ0) is 12.0. The minimum atomic E-state index is 0.862. The average Bonchev–Trinajstić information content (AvgIpc) is 2.69. The highest BCUT2D eigenvalue weighted by Crippen LogP contribution is 2.33.